The number of nitrogens with zero attached hydrogens (tertiary/aromatic N) is 2. The molecule has 27 heavy (non-hydrogen) atoms. The quantitative estimate of drug-likeness (QED) is 0.613. The maximum atomic E-state index is 12.8. The van der Waals surface area contributed by atoms with Gasteiger partial charge in [-0.3, -0.25) is 10.1 Å². The molecular weight excluding hydrogens is 346 g/mol. The molecule has 1 atom stereocenters. The molecule has 0 saturated carbocycles. The van der Waals surface area contributed by atoms with Crippen molar-refractivity contribution in [2.45, 2.75) is 32.7 Å². The molecule has 3 rings (SSSR count). The fraction of sp³-hybridized carbons (Fsp3) is 0.350. The normalized spacial score (nSPS) is 16.2. The number of aryl methyl sites for hydroxylation is 1. The van der Waals surface area contributed by atoms with Gasteiger partial charge in [-0.1, -0.05) is 12.1 Å². The molecule has 1 fully saturated rings. The summed E-state index contributed by atoms with van der Waals surface area (Å²) in [5.74, 6) is 0.816. The maximum Gasteiger partial charge on any atom is 0.322 e. The van der Waals surface area contributed by atoms with E-state index in [9.17, 15) is 14.9 Å². The molecule has 1 aliphatic heterocycles. The predicted octanol–water partition coefficient (Wildman–Crippen LogP) is 4.67. The molecule has 0 aromatic heterocycles. The third-order valence-corrected chi connectivity index (χ3v) is 4.73. The van der Waals surface area contributed by atoms with E-state index in [0.717, 1.165) is 24.2 Å². The van der Waals surface area contributed by atoms with Crippen molar-refractivity contribution < 1.29 is 14.5 Å². The summed E-state index contributed by atoms with van der Waals surface area (Å²) in [4.78, 5) is 25.1. The number of hydrogen-bond donors (Lipinski definition) is 1. The molecule has 2 aromatic rings. The van der Waals surface area contributed by atoms with Crippen LogP contribution in [0.3, 0.4) is 0 Å². The van der Waals surface area contributed by atoms with E-state index in [1.54, 1.807) is 19.1 Å². The monoisotopic (exact) mass is 369 g/mol. The first-order valence-electron chi connectivity index (χ1n) is 9.05. The Morgan fingerprint density at radius 3 is 2.67 bits per heavy atom. The van der Waals surface area contributed by atoms with Crippen LogP contribution in [-0.2, 0) is 0 Å². The average Bonchev–Trinajstić information content (AvgIpc) is 3.12. The van der Waals surface area contributed by atoms with E-state index in [0.29, 0.717) is 24.4 Å². The topological polar surface area (TPSA) is 84.7 Å². The van der Waals surface area contributed by atoms with Gasteiger partial charge >= 0.3 is 6.03 Å². The van der Waals surface area contributed by atoms with Crippen LogP contribution in [0.15, 0.2) is 42.5 Å². The lowest BCUT2D eigenvalue weighted by Gasteiger charge is -2.25. The van der Waals surface area contributed by atoms with Gasteiger partial charge in [-0.05, 0) is 56.5 Å². The third kappa shape index (κ3) is 4.19. The summed E-state index contributed by atoms with van der Waals surface area (Å²) in [6.45, 7) is 4.89. The van der Waals surface area contributed by atoms with Gasteiger partial charge in [0.2, 0.25) is 0 Å². The van der Waals surface area contributed by atoms with Gasteiger partial charge in [0.1, 0.15) is 5.75 Å². The zero-order chi connectivity index (χ0) is 19.4. The van der Waals surface area contributed by atoms with Crippen molar-refractivity contribution in [3.8, 4) is 5.75 Å². The Morgan fingerprint density at radius 1 is 1.30 bits per heavy atom. The molecule has 7 nitrogen and oxygen atoms in total. The van der Waals surface area contributed by atoms with Gasteiger partial charge < -0.3 is 15.0 Å². The molecule has 2 aromatic carbocycles. The van der Waals surface area contributed by atoms with Gasteiger partial charge in [0.05, 0.1) is 17.6 Å². The molecule has 0 aliphatic carbocycles. The van der Waals surface area contributed by atoms with Crippen LogP contribution in [0.2, 0.25) is 0 Å². The SMILES string of the molecule is CCOc1ccc(C2CCCN2C(=O)Nc2ccc([N+](=O)[O-])c(C)c2)cc1. The molecule has 2 amide bonds. The molecule has 1 unspecified atom stereocenters. The zero-order valence-electron chi connectivity index (χ0n) is 15.5. The Kier molecular flexibility index (Phi) is 5.59. The first kappa shape index (κ1) is 18.7. The van der Waals surface area contributed by atoms with E-state index in [-0.39, 0.29) is 17.8 Å². The number of nitrogens with one attached hydrogen (secondary N) is 1. The summed E-state index contributed by atoms with van der Waals surface area (Å²) in [5.41, 5.74) is 2.19. The molecular formula is C20H23N3O4. The van der Waals surface area contributed by atoms with Crippen molar-refractivity contribution in [1.29, 1.82) is 0 Å². The zero-order valence-corrected chi connectivity index (χ0v) is 15.5. The Bertz CT molecular complexity index is 836. The van der Waals surface area contributed by atoms with Crippen LogP contribution in [0.1, 0.15) is 36.9 Å². The highest BCUT2D eigenvalue weighted by atomic mass is 16.6. The number of carbonyl (C=O) groups is 1. The molecule has 1 aliphatic rings. The van der Waals surface area contributed by atoms with Gasteiger partial charge in [0, 0.05) is 23.9 Å². The summed E-state index contributed by atoms with van der Waals surface area (Å²) in [7, 11) is 0. The maximum absolute atomic E-state index is 12.8. The fourth-order valence-corrected chi connectivity index (χ4v) is 3.44. The van der Waals surface area contributed by atoms with Crippen LogP contribution in [0.5, 0.6) is 5.75 Å². The number of carbonyl (C=O) groups excluding carboxylic acids is 1. The Morgan fingerprint density at radius 2 is 2.04 bits per heavy atom. The van der Waals surface area contributed by atoms with Crippen molar-refractivity contribution in [2.75, 3.05) is 18.5 Å². The van der Waals surface area contributed by atoms with Crippen molar-refractivity contribution in [3.63, 3.8) is 0 Å². The van der Waals surface area contributed by atoms with E-state index >= 15 is 0 Å². The van der Waals surface area contributed by atoms with Gasteiger partial charge in [0.25, 0.3) is 5.69 Å². The first-order chi connectivity index (χ1) is 13.0. The number of anilines is 1. The molecule has 1 heterocycles. The highest BCUT2D eigenvalue weighted by molar-refractivity contribution is 5.90. The van der Waals surface area contributed by atoms with Gasteiger partial charge in [-0.25, -0.2) is 4.79 Å². The number of urea groups is 1. The average molecular weight is 369 g/mol. The van der Waals surface area contributed by atoms with E-state index in [1.165, 1.54) is 6.07 Å². The second-order valence-electron chi connectivity index (χ2n) is 6.54. The minimum absolute atomic E-state index is 0.0137. The van der Waals surface area contributed by atoms with Gasteiger partial charge in [0.15, 0.2) is 0 Å². The number of rotatable bonds is 5. The number of nitro groups is 1. The minimum atomic E-state index is -0.427. The number of hydrogen-bond acceptors (Lipinski definition) is 4. The van der Waals surface area contributed by atoms with Crippen LogP contribution in [0.4, 0.5) is 16.2 Å². The van der Waals surface area contributed by atoms with Crippen molar-refractivity contribution in [2.24, 2.45) is 0 Å². The van der Waals surface area contributed by atoms with Crippen molar-refractivity contribution in [3.05, 3.63) is 63.7 Å². The summed E-state index contributed by atoms with van der Waals surface area (Å²) in [6.07, 6.45) is 1.84. The molecule has 142 valence electrons. The molecule has 1 saturated heterocycles. The predicted molar refractivity (Wildman–Crippen MR) is 103 cm³/mol. The van der Waals surface area contributed by atoms with Crippen molar-refractivity contribution >= 4 is 17.4 Å². The van der Waals surface area contributed by atoms with Crippen LogP contribution in [-0.4, -0.2) is 29.0 Å². The van der Waals surface area contributed by atoms with Crippen LogP contribution < -0.4 is 10.1 Å². The van der Waals surface area contributed by atoms with Crippen molar-refractivity contribution in [1.82, 2.24) is 4.90 Å². The number of nitro benzene ring substituents is 1. The molecule has 0 spiro atoms. The first-order valence-corrected chi connectivity index (χ1v) is 9.05. The lowest BCUT2D eigenvalue weighted by molar-refractivity contribution is -0.385. The summed E-state index contributed by atoms with van der Waals surface area (Å²) < 4.78 is 5.47. The molecule has 0 bridgehead atoms. The molecule has 0 radical (unpaired) electrons. The molecule has 7 heteroatoms. The van der Waals surface area contributed by atoms with E-state index in [2.05, 4.69) is 5.32 Å². The summed E-state index contributed by atoms with van der Waals surface area (Å²) >= 11 is 0. The largest absolute Gasteiger partial charge is 0.494 e. The van der Waals surface area contributed by atoms with Gasteiger partial charge in [-0.2, -0.15) is 0 Å². The molecule has 1 N–H and O–H groups in total. The number of benzene rings is 2. The minimum Gasteiger partial charge on any atom is -0.494 e. The standard InChI is InChI=1S/C20H23N3O4/c1-3-27-17-9-6-15(7-10-17)19-5-4-12-22(19)20(24)21-16-8-11-18(23(25)26)14(2)13-16/h6-11,13,19H,3-5,12H2,1-2H3,(H,21,24). The summed E-state index contributed by atoms with van der Waals surface area (Å²) in [5, 5.41) is 13.8. The smallest absolute Gasteiger partial charge is 0.322 e. The number of amides is 2. The Balaban J connectivity index is 1.72. The van der Waals surface area contributed by atoms with Crippen LogP contribution >= 0.6 is 0 Å². The highest BCUT2D eigenvalue weighted by Crippen LogP contribution is 2.33. The second-order valence-corrected chi connectivity index (χ2v) is 6.54. The lowest BCUT2D eigenvalue weighted by atomic mass is 10.0. The van der Waals surface area contributed by atoms with Gasteiger partial charge in [-0.15, -0.1) is 0 Å². The highest BCUT2D eigenvalue weighted by Gasteiger charge is 2.30. The van der Waals surface area contributed by atoms with E-state index in [1.807, 2.05) is 36.1 Å². The van der Waals surface area contributed by atoms with E-state index in [4.69, 9.17) is 4.74 Å². The Hall–Kier alpha value is -3.09. The van der Waals surface area contributed by atoms with E-state index < -0.39 is 4.92 Å². The van der Waals surface area contributed by atoms with Crippen LogP contribution in [0.25, 0.3) is 0 Å². The lowest BCUT2D eigenvalue weighted by Crippen LogP contribution is -2.34. The Labute approximate surface area is 158 Å². The van der Waals surface area contributed by atoms with Crippen LogP contribution in [0, 0.1) is 17.0 Å². The third-order valence-electron chi connectivity index (χ3n) is 4.73. The fourth-order valence-electron chi connectivity index (χ4n) is 3.44. The second kappa shape index (κ2) is 8.07. The number of likely N-dealkylation sites (tertiary alicyclic amines) is 1. The summed E-state index contributed by atoms with van der Waals surface area (Å²) in [6, 6.07) is 12.3. The number of ether oxygens (including phenoxy) is 1.